The standard InChI is InChI=1S/C6H14N2.2ClH/c1-7-6-3-2-4-8-5-6;;/h6-8H,2-5H2,1H3;2*1H/t6-;;/m0../s1. The number of nitrogens with one attached hydrogen (secondary N) is 2. The molecule has 0 saturated carbocycles. The predicted octanol–water partition coefficient (Wildman–Crippen LogP) is 0.801. The molecule has 1 aliphatic heterocycles. The minimum Gasteiger partial charge on any atom is -0.316 e. The monoisotopic (exact) mass is 186 g/mol. The van der Waals surface area contributed by atoms with Gasteiger partial charge in [-0.3, -0.25) is 0 Å². The van der Waals surface area contributed by atoms with Crippen molar-refractivity contribution in [3.8, 4) is 0 Å². The van der Waals surface area contributed by atoms with Gasteiger partial charge in [0.2, 0.25) is 0 Å². The number of likely N-dealkylation sites (N-methyl/N-ethyl adjacent to an activating group) is 1. The molecular weight excluding hydrogens is 171 g/mol. The Hall–Kier alpha value is 0.500. The van der Waals surface area contributed by atoms with E-state index in [-0.39, 0.29) is 24.8 Å². The number of hydrogen-bond acceptors (Lipinski definition) is 2. The molecule has 10 heavy (non-hydrogen) atoms. The van der Waals surface area contributed by atoms with Crippen molar-refractivity contribution in [2.75, 3.05) is 20.1 Å². The molecule has 1 rings (SSSR count). The van der Waals surface area contributed by atoms with Crippen molar-refractivity contribution >= 4 is 24.8 Å². The zero-order valence-corrected chi connectivity index (χ0v) is 7.86. The molecule has 0 unspecified atom stereocenters. The highest BCUT2D eigenvalue weighted by Gasteiger charge is 2.08. The Morgan fingerprint density at radius 1 is 1.40 bits per heavy atom. The van der Waals surface area contributed by atoms with Crippen LogP contribution >= 0.6 is 24.8 Å². The van der Waals surface area contributed by atoms with Crippen molar-refractivity contribution < 1.29 is 0 Å². The van der Waals surface area contributed by atoms with Crippen LogP contribution in [0.4, 0.5) is 0 Å². The predicted molar refractivity (Wildman–Crippen MR) is 49.4 cm³/mol. The molecule has 0 radical (unpaired) electrons. The Bertz CT molecular complexity index is 64.8. The number of halogens is 2. The lowest BCUT2D eigenvalue weighted by Gasteiger charge is -2.21. The second-order valence-electron chi connectivity index (χ2n) is 2.33. The first-order chi connectivity index (χ1) is 3.93. The number of piperidine rings is 1. The van der Waals surface area contributed by atoms with Crippen LogP contribution in [0.5, 0.6) is 0 Å². The summed E-state index contributed by atoms with van der Waals surface area (Å²) >= 11 is 0. The van der Waals surface area contributed by atoms with Crippen LogP contribution in [0.3, 0.4) is 0 Å². The zero-order chi connectivity index (χ0) is 5.82. The fraction of sp³-hybridized carbons (Fsp3) is 1.00. The van der Waals surface area contributed by atoms with Crippen molar-refractivity contribution in [3.63, 3.8) is 0 Å². The first kappa shape index (κ1) is 13.1. The zero-order valence-electron chi connectivity index (χ0n) is 6.22. The maximum absolute atomic E-state index is 3.32. The van der Waals surface area contributed by atoms with E-state index in [2.05, 4.69) is 10.6 Å². The van der Waals surface area contributed by atoms with Crippen LogP contribution in [0.25, 0.3) is 0 Å². The topological polar surface area (TPSA) is 24.1 Å². The van der Waals surface area contributed by atoms with Gasteiger partial charge in [-0.15, -0.1) is 24.8 Å². The van der Waals surface area contributed by atoms with Crippen LogP contribution < -0.4 is 10.6 Å². The molecule has 1 fully saturated rings. The molecule has 1 saturated heterocycles. The summed E-state index contributed by atoms with van der Waals surface area (Å²) in [5, 5.41) is 6.56. The van der Waals surface area contributed by atoms with Crippen LogP contribution in [-0.2, 0) is 0 Å². The SMILES string of the molecule is CN[C@H]1CCCNC1.Cl.Cl. The number of rotatable bonds is 1. The average molecular weight is 187 g/mol. The molecule has 4 heteroatoms. The molecule has 1 heterocycles. The molecule has 64 valence electrons. The molecule has 0 aromatic rings. The van der Waals surface area contributed by atoms with E-state index in [1.807, 2.05) is 7.05 Å². The highest BCUT2D eigenvalue weighted by atomic mass is 35.5. The molecule has 0 spiro atoms. The third kappa shape index (κ3) is 4.34. The minimum atomic E-state index is 0. The molecule has 0 aromatic carbocycles. The third-order valence-electron chi connectivity index (χ3n) is 1.71. The van der Waals surface area contributed by atoms with E-state index in [9.17, 15) is 0 Å². The van der Waals surface area contributed by atoms with Crippen molar-refractivity contribution in [2.24, 2.45) is 0 Å². The summed E-state index contributed by atoms with van der Waals surface area (Å²) in [7, 11) is 2.03. The molecule has 1 aliphatic rings. The van der Waals surface area contributed by atoms with Gasteiger partial charge in [0.25, 0.3) is 0 Å². The molecule has 0 amide bonds. The summed E-state index contributed by atoms with van der Waals surface area (Å²) in [5.41, 5.74) is 0. The molecule has 0 aromatic heterocycles. The van der Waals surface area contributed by atoms with E-state index < -0.39 is 0 Å². The van der Waals surface area contributed by atoms with Crippen molar-refractivity contribution in [1.29, 1.82) is 0 Å². The molecule has 1 atom stereocenters. The van der Waals surface area contributed by atoms with Crippen LogP contribution in [-0.4, -0.2) is 26.2 Å². The fourth-order valence-corrected chi connectivity index (χ4v) is 1.10. The normalized spacial score (nSPS) is 24.3. The average Bonchev–Trinajstić information content (AvgIpc) is 1.90. The van der Waals surface area contributed by atoms with Crippen molar-refractivity contribution in [2.45, 2.75) is 18.9 Å². The van der Waals surface area contributed by atoms with Gasteiger partial charge in [0, 0.05) is 12.6 Å². The van der Waals surface area contributed by atoms with Gasteiger partial charge < -0.3 is 10.6 Å². The molecule has 0 bridgehead atoms. The Labute approximate surface area is 75.0 Å². The Morgan fingerprint density at radius 2 is 2.10 bits per heavy atom. The molecule has 2 nitrogen and oxygen atoms in total. The molecule has 0 aliphatic carbocycles. The summed E-state index contributed by atoms with van der Waals surface area (Å²) in [6.07, 6.45) is 2.66. The van der Waals surface area contributed by atoms with Gasteiger partial charge >= 0.3 is 0 Å². The van der Waals surface area contributed by atoms with E-state index in [0.717, 1.165) is 12.6 Å². The highest BCUT2D eigenvalue weighted by Crippen LogP contribution is 1.98. The summed E-state index contributed by atoms with van der Waals surface area (Å²) in [5.74, 6) is 0. The summed E-state index contributed by atoms with van der Waals surface area (Å²) in [6, 6.07) is 0.726. The summed E-state index contributed by atoms with van der Waals surface area (Å²) < 4.78 is 0. The van der Waals surface area contributed by atoms with Gasteiger partial charge in [-0.1, -0.05) is 0 Å². The van der Waals surface area contributed by atoms with E-state index in [4.69, 9.17) is 0 Å². The van der Waals surface area contributed by atoms with Crippen LogP contribution in [0.2, 0.25) is 0 Å². The van der Waals surface area contributed by atoms with Gasteiger partial charge in [-0.2, -0.15) is 0 Å². The van der Waals surface area contributed by atoms with Crippen LogP contribution in [0, 0.1) is 0 Å². The lowest BCUT2D eigenvalue weighted by Crippen LogP contribution is -2.41. The van der Waals surface area contributed by atoms with Gasteiger partial charge in [0.1, 0.15) is 0 Å². The van der Waals surface area contributed by atoms with Crippen LogP contribution in [0.1, 0.15) is 12.8 Å². The first-order valence-electron chi connectivity index (χ1n) is 3.31. The van der Waals surface area contributed by atoms with E-state index >= 15 is 0 Å². The van der Waals surface area contributed by atoms with E-state index in [1.165, 1.54) is 19.4 Å². The summed E-state index contributed by atoms with van der Waals surface area (Å²) in [4.78, 5) is 0. The second kappa shape index (κ2) is 7.61. The quantitative estimate of drug-likeness (QED) is 0.634. The van der Waals surface area contributed by atoms with Crippen molar-refractivity contribution in [1.82, 2.24) is 10.6 Å². The number of hydrogen-bond donors (Lipinski definition) is 2. The maximum Gasteiger partial charge on any atom is 0.0189 e. The third-order valence-corrected chi connectivity index (χ3v) is 1.71. The largest absolute Gasteiger partial charge is 0.316 e. The van der Waals surface area contributed by atoms with Gasteiger partial charge in [0.15, 0.2) is 0 Å². The van der Waals surface area contributed by atoms with E-state index in [1.54, 1.807) is 0 Å². The lowest BCUT2D eigenvalue weighted by atomic mass is 10.1. The first-order valence-corrected chi connectivity index (χ1v) is 3.31. The van der Waals surface area contributed by atoms with Gasteiger partial charge in [0.05, 0.1) is 0 Å². The maximum atomic E-state index is 3.32. The van der Waals surface area contributed by atoms with Crippen LogP contribution in [0.15, 0.2) is 0 Å². The Kier molecular flexibility index (Phi) is 9.97. The summed E-state index contributed by atoms with van der Waals surface area (Å²) in [6.45, 7) is 2.36. The van der Waals surface area contributed by atoms with Gasteiger partial charge in [-0.05, 0) is 26.4 Å². The minimum absolute atomic E-state index is 0. The van der Waals surface area contributed by atoms with Crippen molar-refractivity contribution in [3.05, 3.63) is 0 Å². The smallest absolute Gasteiger partial charge is 0.0189 e. The highest BCUT2D eigenvalue weighted by molar-refractivity contribution is 5.85. The molecule has 2 N–H and O–H groups in total. The fourth-order valence-electron chi connectivity index (χ4n) is 1.10. The van der Waals surface area contributed by atoms with E-state index in [0.29, 0.717) is 0 Å². The second-order valence-corrected chi connectivity index (χ2v) is 2.33. The Morgan fingerprint density at radius 3 is 2.40 bits per heavy atom. The molecular formula is C6H16Cl2N2. The lowest BCUT2D eigenvalue weighted by molar-refractivity contribution is 0.412. The van der Waals surface area contributed by atoms with Gasteiger partial charge in [-0.25, -0.2) is 0 Å². The Balaban J connectivity index is 0.